The van der Waals surface area contributed by atoms with Crippen LogP contribution < -0.4 is 11.1 Å². The van der Waals surface area contributed by atoms with Crippen LogP contribution in [-0.2, 0) is 0 Å². The highest BCUT2D eigenvalue weighted by Crippen LogP contribution is 1.60. The second-order valence-electron chi connectivity index (χ2n) is 1.03. The van der Waals surface area contributed by atoms with E-state index in [1.54, 1.807) is 0 Å². The lowest BCUT2D eigenvalue weighted by molar-refractivity contribution is -0.482. The highest BCUT2D eigenvalue weighted by Gasteiger charge is 1.92. The third-order valence-electron chi connectivity index (χ3n) is 0.382. The molecule has 8 heavy (non-hydrogen) atoms. The zero-order valence-electron chi connectivity index (χ0n) is 3.96. The molecule has 0 atom stereocenters. The van der Waals surface area contributed by atoms with Gasteiger partial charge in [0.1, 0.15) is 0 Å². The quantitative estimate of drug-likeness (QED) is 0.221. The van der Waals surface area contributed by atoms with Gasteiger partial charge in [0.25, 0.3) is 6.67 Å². The Morgan fingerprint density at radius 2 is 2.50 bits per heavy atom. The van der Waals surface area contributed by atoms with Gasteiger partial charge in [0.15, 0.2) is 5.11 Å². The molecule has 0 saturated carbocycles. The first-order chi connectivity index (χ1) is 3.63. The predicted octanol–water partition coefficient (Wildman–Crippen LogP) is -0.946. The van der Waals surface area contributed by atoms with Crippen LogP contribution in [0, 0.1) is 10.1 Å². The first-order valence-electron chi connectivity index (χ1n) is 1.78. The van der Waals surface area contributed by atoms with E-state index < -0.39 is 11.6 Å². The van der Waals surface area contributed by atoms with E-state index in [1.807, 2.05) is 0 Å². The molecule has 0 aromatic heterocycles. The van der Waals surface area contributed by atoms with Gasteiger partial charge >= 0.3 is 0 Å². The molecular weight excluding hydrogens is 130 g/mol. The van der Waals surface area contributed by atoms with E-state index in [0.29, 0.717) is 0 Å². The van der Waals surface area contributed by atoms with Crippen LogP contribution in [0.1, 0.15) is 0 Å². The van der Waals surface area contributed by atoms with Crippen LogP contribution in [-0.4, -0.2) is 16.7 Å². The normalized spacial score (nSPS) is 8.00. The molecule has 0 fully saturated rings. The summed E-state index contributed by atoms with van der Waals surface area (Å²) in [4.78, 5) is 8.98. The summed E-state index contributed by atoms with van der Waals surface area (Å²) in [5.41, 5.74) is 4.86. The monoisotopic (exact) mass is 135 g/mol. The molecular formula is C2H5N3O2S. The Balaban J connectivity index is 3.18. The van der Waals surface area contributed by atoms with Crippen LogP contribution in [0.3, 0.4) is 0 Å². The smallest absolute Gasteiger partial charge is 0.277 e. The number of hydrogen-bond acceptors (Lipinski definition) is 3. The van der Waals surface area contributed by atoms with Gasteiger partial charge < -0.3 is 11.1 Å². The molecule has 0 aromatic rings. The van der Waals surface area contributed by atoms with Gasteiger partial charge in [0, 0.05) is 4.92 Å². The van der Waals surface area contributed by atoms with Gasteiger partial charge in [-0.1, -0.05) is 0 Å². The summed E-state index contributed by atoms with van der Waals surface area (Å²) in [6.45, 7) is -0.407. The van der Waals surface area contributed by atoms with Crippen LogP contribution in [0.4, 0.5) is 0 Å². The van der Waals surface area contributed by atoms with Crippen LogP contribution in [0.5, 0.6) is 0 Å². The number of nitrogens with zero attached hydrogens (tertiary/aromatic N) is 1. The van der Waals surface area contributed by atoms with Crippen LogP contribution in [0.2, 0.25) is 0 Å². The number of nitrogens with two attached hydrogens (primary N) is 1. The Labute approximate surface area is 51.0 Å². The van der Waals surface area contributed by atoms with Gasteiger partial charge in [-0.15, -0.1) is 0 Å². The largest absolute Gasteiger partial charge is 0.376 e. The van der Waals surface area contributed by atoms with Crippen molar-refractivity contribution in [3.63, 3.8) is 0 Å². The fraction of sp³-hybridized carbons (Fsp3) is 0.500. The molecule has 0 heterocycles. The average molecular weight is 135 g/mol. The number of nitrogens with one attached hydrogen (secondary N) is 1. The van der Waals surface area contributed by atoms with Crippen molar-refractivity contribution in [1.82, 2.24) is 5.32 Å². The molecule has 0 spiro atoms. The third-order valence-corrected chi connectivity index (χ3v) is 0.527. The van der Waals surface area contributed by atoms with Gasteiger partial charge in [-0.25, -0.2) is 0 Å². The molecule has 0 bridgehead atoms. The molecule has 0 saturated heterocycles. The van der Waals surface area contributed by atoms with Crippen molar-refractivity contribution in [2.24, 2.45) is 5.73 Å². The fourth-order valence-electron chi connectivity index (χ4n) is 0.142. The molecule has 0 radical (unpaired) electrons. The van der Waals surface area contributed by atoms with E-state index in [0.717, 1.165) is 0 Å². The van der Waals surface area contributed by atoms with Crippen molar-refractivity contribution in [1.29, 1.82) is 0 Å². The molecule has 0 aliphatic rings. The second-order valence-corrected chi connectivity index (χ2v) is 1.47. The first-order valence-corrected chi connectivity index (χ1v) is 2.19. The van der Waals surface area contributed by atoms with Gasteiger partial charge in [-0.2, -0.15) is 0 Å². The SMILES string of the molecule is NC(=S)NC[N+](=O)[O-]. The van der Waals surface area contributed by atoms with Crippen molar-refractivity contribution in [3.8, 4) is 0 Å². The Bertz CT molecular complexity index is 99.9. The van der Waals surface area contributed by atoms with Crippen LogP contribution in [0.15, 0.2) is 0 Å². The highest BCUT2D eigenvalue weighted by atomic mass is 32.1. The lowest BCUT2D eigenvalue weighted by atomic mass is 11.0. The molecule has 5 nitrogen and oxygen atoms in total. The van der Waals surface area contributed by atoms with Gasteiger partial charge in [0.05, 0.1) is 0 Å². The van der Waals surface area contributed by atoms with E-state index in [4.69, 9.17) is 5.73 Å². The van der Waals surface area contributed by atoms with Gasteiger partial charge in [-0.05, 0) is 12.2 Å². The van der Waals surface area contributed by atoms with Crippen molar-refractivity contribution in [3.05, 3.63) is 10.1 Å². The minimum atomic E-state index is -0.556. The molecule has 3 N–H and O–H groups in total. The number of thiocarbonyl (C=S) groups is 1. The zero-order valence-corrected chi connectivity index (χ0v) is 4.77. The van der Waals surface area contributed by atoms with Crippen molar-refractivity contribution >= 4 is 17.3 Å². The van der Waals surface area contributed by atoms with Crippen LogP contribution >= 0.6 is 12.2 Å². The summed E-state index contributed by atoms with van der Waals surface area (Å²) < 4.78 is 0. The zero-order chi connectivity index (χ0) is 6.57. The summed E-state index contributed by atoms with van der Waals surface area (Å²) in [7, 11) is 0. The lowest BCUT2D eigenvalue weighted by Gasteiger charge is -1.93. The number of hydrogen-bond donors (Lipinski definition) is 2. The second kappa shape index (κ2) is 3.14. The molecule has 0 amide bonds. The summed E-state index contributed by atoms with van der Waals surface area (Å²) >= 11 is 4.28. The summed E-state index contributed by atoms with van der Waals surface area (Å²) in [5, 5.41) is 11.6. The Kier molecular flexibility index (Phi) is 2.78. The minimum absolute atomic E-state index is 0.0540. The van der Waals surface area contributed by atoms with E-state index >= 15 is 0 Å². The molecule has 6 heteroatoms. The maximum absolute atomic E-state index is 9.53. The van der Waals surface area contributed by atoms with Gasteiger partial charge in [-0.3, -0.25) is 10.1 Å². The van der Waals surface area contributed by atoms with Gasteiger partial charge in [0.2, 0.25) is 0 Å². The minimum Gasteiger partial charge on any atom is -0.376 e. The van der Waals surface area contributed by atoms with Crippen molar-refractivity contribution < 1.29 is 4.92 Å². The number of rotatable bonds is 2. The molecule has 0 aromatic carbocycles. The van der Waals surface area contributed by atoms with E-state index in [1.165, 1.54) is 0 Å². The molecule has 0 rings (SSSR count). The Morgan fingerprint density at radius 3 is 2.62 bits per heavy atom. The predicted molar refractivity (Wildman–Crippen MR) is 31.8 cm³/mol. The van der Waals surface area contributed by atoms with E-state index in [9.17, 15) is 10.1 Å². The van der Waals surface area contributed by atoms with Crippen molar-refractivity contribution in [2.45, 2.75) is 0 Å². The molecule has 46 valence electrons. The Hall–Kier alpha value is -0.910. The maximum atomic E-state index is 9.53. The van der Waals surface area contributed by atoms with E-state index in [-0.39, 0.29) is 5.11 Å². The summed E-state index contributed by atoms with van der Waals surface area (Å²) in [5.74, 6) is 0. The average Bonchev–Trinajstić information content (AvgIpc) is 1.61. The topological polar surface area (TPSA) is 81.2 Å². The molecule has 0 aliphatic carbocycles. The number of nitro groups is 1. The Morgan fingerprint density at radius 1 is 2.00 bits per heavy atom. The maximum Gasteiger partial charge on any atom is 0.277 e. The standard InChI is InChI=1S/C2H5N3O2S/c3-2(8)4-1-5(6)7/h1H2,(H3,3,4,8). The first kappa shape index (κ1) is 7.09. The molecule has 0 unspecified atom stereocenters. The summed E-state index contributed by atoms with van der Waals surface area (Å²) in [6, 6.07) is 0. The van der Waals surface area contributed by atoms with Crippen LogP contribution in [0.25, 0.3) is 0 Å². The molecule has 0 aliphatic heterocycles. The lowest BCUT2D eigenvalue weighted by Crippen LogP contribution is -2.33. The van der Waals surface area contributed by atoms with Crippen molar-refractivity contribution in [2.75, 3.05) is 6.67 Å². The highest BCUT2D eigenvalue weighted by molar-refractivity contribution is 7.80. The van der Waals surface area contributed by atoms with E-state index in [2.05, 4.69) is 17.5 Å². The fourth-order valence-corrected chi connectivity index (χ4v) is 0.207. The summed E-state index contributed by atoms with van der Waals surface area (Å²) in [6.07, 6.45) is 0. The third kappa shape index (κ3) is 5.09.